The van der Waals surface area contributed by atoms with Gasteiger partial charge in [0.25, 0.3) is 0 Å². The maximum atomic E-state index is 14.2. The highest BCUT2D eigenvalue weighted by atomic mass is 19.4. The van der Waals surface area contributed by atoms with Crippen LogP contribution in [-0.2, 0) is 22.3 Å². The number of benzene rings is 2. The van der Waals surface area contributed by atoms with Gasteiger partial charge in [0.15, 0.2) is 0 Å². The van der Waals surface area contributed by atoms with Crippen LogP contribution in [0.4, 0.5) is 22.4 Å². The minimum absolute atomic E-state index is 0.0149. The van der Waals surface area contributed by atoms with Crippen LogP contribution in [0.1, 0.15) is 67.6 Å². The number of carboxylic acids is 1. The van der Waals surface area contributed by atoms with E-state index in [9.17, 15) is 32.3 Å². The molecule has 1 saturated carbocycles. The van der Waals surface area contributed by atoms with Gasteiger partial charge in [-0.05, 0) is 72.9 Å². The first-order valence-electron chi connectivity index (χ1n) is 15.6. The summed E-state index contributed by atoms with van der Waals surface area (Å²) in [5.41, 5.74) is 0.694. The van der Waals surface area contributed by atoms with E-state index in [2.05, 4.69) is 15.1 Å². The van der Waals surface area contributed by atoms with Gasteiger partial charge in [0.05, 0.1) is 5.56 Å². The maximum Gasteiger partial charge on any atom is 0.416 e. The fourth-order valence-electron chi connectivity index (χ4n) is 7.26. The van der Waals surface area contributed by atoms with Crippen molar-refractivity contribution in [2.75, 3.05) is 32.7 Å². The van der Waals surface area contributed by atoms with Crippen LogP contribution >= 0.6 is 0 Å². The molecule has 5 rings (SSSR count). The molecule has 11 heteroatoms. The van der Waals surface area contributed by atoms with Crippen molar-refractivity contribution in [3.8, 4) is 0 Å². The number of likely N-dealkylation sites (tertiary alicyclic amines) is 2. The first-order chi connectivity index (χ1) is 21.1. The standard InChI is InChI=1S/C33H41F4N3O4/c34-27-8-4-7-24(17-27)29-21-40(30(31(41)42)23-5-2-1-3-6-23)20-25(29)19-39-15-13-28(14-16-39)44-32(43)38-18-22-9-11-26(12-10-22)33(35,36)37/h4,7-12,17,23,25,28-30H,1-3,5-6,13-16,18-21H2,(H,38,43)(H,41,42)/t25-,29+,30+/m0/s1. The summed E-state index contributed by atoms with van der Waals surface area (Å²) in [6.07, 6.45) is 1.09. The molecule has 2 saturated heterocycles. The first kappa shape index (κ1) is 32.2. The summed E-state index contributed by atoms with van der Waals surface area (Å²) in [6.45, 7) is 3.43. The molecule has 2 heterocycles. The fraction of sp³-hybridized carbons (Fsp3) is 0.576. The Labute approximate surface area is 255 Å². The Kier molecular flexibility index (Phi) is 10.5. The van der Waals surface area contributed by atoms with Gasteiger partial charge < -0.3 is 20.1 Å². The minimum atomic E-state index is -4.41. The quantitative estimate of drug-likeness (QED) is 0.322. The number of ether oxygens (including phenoxy) is 1. The number of carboxylic acid groups (broad SMARTS) is 1. The van der Waals surface area contributed by atoms with Gasteiger partial charge in [-0.2, -0.15) is 13.2 Å². The van der Waals surface area contributed by atoms with Crippen molar-refractivity contribution in [1.29, 1.82) is 0 Å². The number of carbonyl (C=O) groups is 2. The average Bonchev–Trinajstić information content (AvgIpc) is 3.40. The van der Waals surface area contributed by atoms with E-state index in [0.29, 0.717) is 44.6 Å². The highest BCUT2D eigenvalue weighted by molar-refractivity contribution is 5.74. The lowest BCUT2D eigenvalue weighted by atomic mass is 9.83. The third-order valence-corrected chi connectivity index (χ3v) is 9.51. The number of carbonyl (C=O) groups excluding carboxylic acids is 1. The van der Waals surface area contributed by atoms with Gasteiger partial charge in [0.2, 0.25) is 0 Å². The van der Waals surface area contributed by atoms with Crippen LogP contribution in [0.2, 0.25) is 0 Å². The van der Waals surface area contributed by atoms with Crippen molar-refractivity contribution in [3.05, 3.63) is 71.0 Å². The number of rotatable bonds is 9. The van der Waals surface area contributed by atoms with Crippen LogP contribution in [-0.4, -0.2) is 71.8 Å². The number of hydrogen-bond donors (Lipinski definition) is 2. The van der Waals surface area contributed by atoms with Gasteiger partial charge in [-0.15, -0.1) is 0 Å². The molecule has 0 aromatic heterocycles. The van der Waals surface area contributed by atoms with E-state index in [1.807, 2.05) is 6.07 Å². The third-order valence-electron chi connectivity index (χ3n) is 9.51. The summed E-state index contributed by atoms with van der Waals surface area (Å²) >= 11 is 0. The second-order valence-corrected chi connectivity index (χ2v) is 12.5. The van der Waals surface area contributed by atoms with E-state index in [1.54, 1.807) is 12.1 Å². The van der Waals surface area contributed by atoms with Crippen LogP contribution < -0.4 is 5.32 Å². The molecule has 2 aliphatic heterocycles. The SMILES string of the molecule is O=C(NCc1ccc(C(F)(F)F)cc1)OC1CCN(C[C@H]2CN([C@@H](C(=O)O)C3CCCCC3)C[C@@H]2c2cccc(F)c2)CC1. The number of hydrogen-bond acceptors (Lipinski definition) is 5. The van der Waals surface area contributed by atoms with E-state index in [0.717, 1.165) is 56.3 Å². The van der Waals surface area contributed by atoms with E-state index in [-0.39, 0.29) is 36.2 Å². The smallest absolute Gasteiger partial charge is 0.416 e. The van der Waals surface area contributed by atoms with Gasteiger partial charge in [0, 0.05) is 45.2 Å². The number of piperidine rings is 1. The predicted octanol–water partition coefficient (Wildman–Crippen LogP) is 6.28. The molecule has 2 aromatic rings. The Hall–Kier alpha value is -3.18. The van der Waals surface area contributed by atoms with Crippen LogP contribution in [0.25, 0.3) is 0 Å². The lowest BCUT2D eigenvalue weighted by Crippen LogP contribution is -2.46. The molecule has 1 amide bonds. The van der Waals surface area contributed by atoms with Crippen molar-refractivity contribution in [2.24, 2.45) is 11.8 Å². The molecule has 0 radical (unpaired) electrons. The topological polar surface area (TPSA) is 82.1 Å². The van der Waals surface area contributed by atoms with Crippen molar-refractivity contribution in [2.45, 2.75) is 75.7 Å². The molecule has 3 atom stereocenters. The molecular weight excluding hydrogens is 578 g/mol. The van der Waals surface area contributed by atoms with Gasteiger partial charge in [0.1, 0.15) is 18.0 Å². The first-order valence-corrected chi connectivity index (χ1v) is 15.6. The van der Waals surface area contributed by atoms with Crippen molar-refractivity contribution in [1.82, 2.24) is 15.1 Å². The zero-order valence-electron chi connectivity index (χ0n) is 24.8. The predicted molar refractivity (Wildman–Crippen MR) is 156 cm³/mol. The number of alkyl halides is 3. The van der Waals surface area contributed by atoms with Crippen LogP contribution in [0.15, 0.2) is 48.5 Å². The fourth-order valence-corrected chi connectivity index (χ4v) is 7.26. The zero-order chi connectivity index (χ0) is 31.3. The van der Waals surface area contributed by atoms with Gasteiger partial charge in [-0.1, -0.05) is 43.5 Å². The molecule has 240 valence electrons. The highest BCUT2D eigenvalue weighted by Gasteiger charge is 2.43. The third kappa shape index (κ3) is 8.29. The Morgan fingerprint density at radius 1 is 0.977 bits per heavy atom. The molecule has 0 unspecified atom stereocenters. The monoisotopic (exact) mass is 619 g/mol. The molecule has 2 N–H and O–H groups in total. The molecule has 2 aromatic carbocycles. The molecular formula is C33H41F4N3O4. The van der Waals surface area contributed by atoms with E-state index >= 15 is 0 Å². The van der Waals surface area contributed by atoms with Crippen molar-refractivity contribution < 1.29 is 37.0 Å². The highest BCUT2D eigenvalue weighted by Crippen LogP contribution is 2.39. The summed E-state index contributed by atoms with van der Waals surface area (Å²) in [6, 6.07) is 10.7. The minimum Gasteiger partial charge on any atom is -0.480 e. The molecule has 1 aliphatic carbocycles. The van der Waals surface area contributed by atoms with Crippen molar-refractivity contribution >= 4 is 12.1 Å². The number of amides is 1. The van der Waals surface area contributed by atoms with E-state index < -0.39 is 29.8 Å². The maximum absolute atomic E-state index is 14.2. The van der Waals surface area contributed by atoms with E-state index in [4.69, 9.17) is 4.74 Å². The number of halogens is 4. The number of nitrogens with one attached hydrogen (secondary N) is 1. The van der Waals surface area contributed by atoms with Crippen molar-refractivity contribution in [3.63, 3.8) is 0 Å². The zero-order valence-corrected chi connectivity index (χ0v) is 24.8. The Morgan fingerprint density at radius 2 is 1.68 bits per heavy atom. The summed E-state index contributed by atoms with van der Waals surface area (Å²) < 4.78 is 58.1. The van der Waals surface area contributed by atoms with Crippen LogP contribution in [0, 0.1) is 17.7 Å². The van der Waals surface area contributed by atoms with E-state index in [1.165, 1.54) is 18.2 Å². The second kappa shape index (κ2) is 14.3. The van der Waals surface area contributed by atoms with Crippen LogP contribution in [0.3, 0.4) is 0 Å². The Balaban J connectivity index is 1.14. The summed E-state index contributed by atoms with van der Waals surface area (Å²) in [5.74, 6) is -0.791. The van der Waals surface area contributed by atoms with Gasteiger partial charge in [-0.25, -0.2) is 9.18 Å². The molecule has 44 heavy (non-hydrogen) atoms. The molecule has 0 spiro atoms. The average molecular weight is 620 g/mol. The Bertz CT molecular complexity index is 1260. The second-order valence-electron chi connectivity index (χ2n) is 12.5. The summed E-state index contributed by atoms with van der Waals surface area (Å²) in [7, 11) is 0. The molecule has 3 aliphatic rings. The number of aliphatic carboxylic acids is 1. The number of nitrogens with zero attached hydrogens (tertiary/aromatic N) is 2. The van der Waals surface area contributed by atoms with Crippen LogP contribution in [0.5, 0.6) is 0 Å². The normalized spacial score (nSPS) is 23.4. The lowest BCUT2D eigenvalue weighted by molar-refractivity contribution is -0.145. The summed E-state index contributed by atoms with van der Waals surface area (Å²) in [4.78, 5) is 29.3. The lowest BCUT2D eigenvalue weighted by Gasteiger charge is -2.35. The number of alkyl carbamates (subject to hydrolysis) is 1. The Morgan fingerprint density at radius 3 is 2.32 bits per heavy atom. The molecule has 0 bridgehead atoms. The van der Waals surface area contributed by atoms with Gasteiger partial charge in [-0.3, -0.25) is 9.69 Å². The van der Waals surface area contributed by atoms with Gasteiger partial charge >= 0.3 is 18.2 Å². The molecule has 3 fully saturated rings. The largest absolute Gasteiger partial charge is 0.480 e. The molecule has 7 nitrogen and oxygen atoms in total. The summed E-state index contributed by atoms with van der Waals surface area (Å²) in [5, 5.41) is 12.9.